The van der Waals surface area contributed by atoms with Gasteiger partial charge in [0.05, 0.1) is 26.1 Å². The summed E-state index contributed by atoms with van der Waals surface area (Å²) in [4.78, 5) is 15.2. The van der Waals surface area contributed by atoms with Crippen LogP contribution in [0.4, 0.5) is 13.2 Å². The predicted molar refractivity (Wildman–Crippen MR) is 65.1 cm³/mol. The fraction of sp³-hybridized carbons (Fsp3) is 0.417. The van der Waals surface area contributed by atoms with Crippen LogP contribution in [-0.2, 0) is 10.9 Å². The molecule has 0 aliphatic heterocycles. The molecule has 21 heavy (non-hydrogen) atoms. The maximum absolute atomic E-state index is 12.7. The van der Waals surface area contributed by atoms with Gasteiger partial charge >= 0.3 is 12.1 Å². The van der Waals surface area contributed by atoms with Crippen molar-refractivity contribution in [2.75, 3.05) is 13.7 Å². The second-order valence-corrected chi connectivity index (χ2v) is 4.12. The zero-order valence-corrected chi connectivity index (χ0v) is 11.3. The van der Waals surface area contributed by atoms with Crippen LogP contribution in [0.2, 0.25) is 0 Å². The van der Waals surface area contributed by atoms with Crippen LogP contribution in [0.25, 0.3) is 5.65 Å². The van der Waals surface area contributed by atoms with Gasteiger partial charge in [0.15, 0.2) is 17.1 Å². The van der Waals surface area contributed by atoms with Gasteiger partial charge in [-0.1, -0.05) is 6.92 Å². The molecule has 2 aromatic heterocycles. The molecule has 0 aliphatic carbocycles. The van der Waals surface area contributed by atoms with Gasteiger partial charge in [0.2, 0.25) is 0 Å². The molecule has 0 spiro atoms. The van der Waals surface area contributed by atoms with Crippen molar-refractivity contribution in [3.8, 4) is 5.75 Å². The monoisotopic (exact) mass is 303 g/mol. The highest BCUT2D eigenvalue weighted by atomic mass is 19.4. The predicted octanol–water partition coefficient (Wildman–Crippen LogP) is 2.32. The van der Waals surface area contributed by atoms with E-state index in [1.54, 1.807) is 0 Å². The number of imidazole rings is 1. The molecule has 114 valence electrons. The Morgan fingerprint density at radius 3 is 2.71 bits per heavy atom. The van der Waals surface area contributed by atoms with E-state index in [1.807, 2.05) is 6.92 Å². The third-order valence-corrected chi connectivity index (χ3v) is 2.60. The van der Waals surface area contributed by atoms with E-state index in [-0.39, 0.29) is 23.6 Å². The first-order valence-electron chi connectivity index (χ1n) is 6.05. The number of methoxy groups -OCH3 is 1. The SMILES string of the molecule is CCCOC(=O)c1cnn2cc(C(F)(F)F)nc2c1OC. The standard InChI is InChI=1S/C12H12F3N3O3/c1-3-4-21-11(19)7-5-16-18-6-8(12(13,14)15)17-10(18)9(7)20-2/h5-6H,3-4H2,1-2H3. The zero-order chi connectivity index (χ0) is 15.6. The largest absolute Gasteiger partial charge is 0.492 e. The summed E-state index contributed by atoms with van der Waals surface area (Å²) in [6.45, 7) is 2.01. The van der Waals surface area contributed by atoms with Gasteiger partial charge in [0.1, 0.15) is 5.56 Å². The number of halogens is 3. The van der Waals surface area contributed by atoms with Crippen LogP contribution in [0.1, 0.15) is 29.4 Å². The average molecular weight is 303 g/mol. The molecule has 0 atom stereocenters. The molecular weight excluding hydrogens is 291 g/mol. The van der Waals surface area contributed by atoms with Crippen molar-refractivity contribution < 1.29 is 27.4 Å². The molecule has 0 aromatic carbocycles. The van der Waals surface area contributed by atoms with Crippen molar-refractivity contribution in [1.82, 2.24) is 14.6 Å². The van der Waals surface area contributed by atoms with Crippen molar-refractivity contribution in [1.29, 1.82) is 0 Å². The van der Waals surface area contributed by atoms with E-state index < -0.39 is 17.8 Å². The highest BCUT2D eigenvalue weighted by Crippen LogP contribution is 2.31. The molecule has 0 aliphatic rings. The summed E-state index contributed by atoms with van der Waals surface area (Å²) >= 11 is 0. The number of alkyl halides is 3. The third-order valence-electron chi connectivity index (χ3n) is 2.60. The molecule has 2 heterocycles. The van der Waals surface area contributed by atoms with Crippen LogP contribution in [0.5, 0.6) is 5.75 Å². The Bertz CT molecular complexity index is 667. The van der Waals surface area contributed by atoms with E-state index >= 15 is 0 Å². The minimum Gasteiger partial charge on any atom is -0.492 e. The molecule has 2 rings (SSSR count). The van der Waals surface area contributed by atoms with E-state index in [0.717, 1.165) is 16.9 Å². The van der Waals surface area contributed by atoms with Crippen LogP contribution in [-0.4, -0.2) is 34.3 Å². The van der Waals surface area contributed by atoms with E-state index in [0.29, 0.717) is 6.42 Å². The minimum absolute atomic E-state index is 0.0715. The molecule has 0 radical (unpaired) electrons. The first-order valence-corrected chi connectivity index (χ1v) is 6.05. The van der Waals surface area contributed by atoms with Crippen LogP contribution < -0.4 is 4.74 Å². The number of esters is 1. The molecule has 6 nitrogen and oxygen atoms in total. The van der Waals surface area contributed by atoms with Gasteiger partial charge in [-0.25, -0.2) is 14.3 Å². The number of fused-ring (bicyclic) bond motifs is 1. The highest BCUT2D eigenvalue weighted by Gasteiger charge is 2.35. The molecule has 0 fully saturated rings. The molecule has 0 bridgehead atoms. The molecule has 0 saturated heterocycles. The molecular formula is C12H12F3N3O3. The van der Waals surface area contributed by atoms with Crippen molar-refractivity contribution in [2.45, 2.75) is 19.5 Å². The van der Waals surface area contributed by atoms with Gasteiger partial charge in [-0.05, 0) is 6.42 Å². The van der Waals surface area contributed by atoms with Crippen molar-refractivity contribution in [2.24, 2.45) is 0 Å². The van der Waals surface area contributed by atoms with Gasteiger partial charge in [-0.3, -0.25) is 0 Å². The van der Waals surface area contributed by atoms with Crippen LogP contribution in [0.3, 0.4) is 0 Å². The highest BCUT2D eigenvalue weighted by molar-refractivity contribution is 5.94. The van der Waals surface area contributed by atoms with Gasteiger partial charge in [0.25, 0.3) is 0 Å². The maximum Gasteiger partial charge on any atom is 0.434 e. The van der Waals surface area contributed by atoms with Gasteiger partial charge in [-0.15, -0.1) is 0 Å². The summed E-state index contributed by atoms with van der Waals surface area (Å²) in [6.07, 6.45) is -2.18. The van der Waals surface area contributed by atoms with Crippen molar-refractivity contribution in [3.05, 3.63) is 23.7 Å². The lowest BCUT2D eigenvalue weighted by molar-refractivity contribution is -0.140. The van der Waals surface area contributed by atoms with Crippen LogP contribution in [0, 0.1) is 0 Å². The third kappa shape index (κ3) is 2.91. The van der Waals surface area contributed by atoms with Crippen LogP contribution in [0.15, 0.2) is 12.4 Å². The first-order chi connectivity index (χ1) is 9.88. The van der Waals surface area contributed by atoms with Crippen molar-refractivity contribution >= 4 is 11.6 Å². The topological polar surface area (TPSA) is 65.7 Å². The van der Waals surface area contributed by atoms with Crippen LogP contribution >= 0.6 is 0 Å². The molecule has 0 unspecified atom stereocenters. The number of carbonyl (C=O) groups is 1. The molecule has 9 heteroatoms. The summed E-state index contributed by atoms with van der Waals surface area (Å²) < 4.78 is 48.8. The molecule has 0 N–H and O–H groups in total. The quantitative estimate of drug-likeness (QED) is 0.811. The second-order valence-electron chi connectivity index (χ2n) is 4.12. The number of hydrogen-bond donors (Lipinski definition) is 0. The van der Waals surface area contributed by atoms with Crippen molar-refractivity contribution in [3.63, 3.8) is 0 Å². The van der Waals surface area contributed by atoms with E-state index in [2.05, 4.69) is 10.1 Å². The summed E-state index contributed by atoms with van der Waals surface area (Å²) in [5.74, 6) is -0.832. The summed E-state index contributed by atoms with van der Waals surface area (Å²) in [5.41, 5.74) is -1.39. The summed E-state index contributed by atoms with van der Waals surface area (Å²) in [7, 11) is 1.23. The van der Waals surface area contributed by atoms with E-state index in [4.69, 9.17) is 9.47 Å². The number of hydrogen-bond acceptors (Lipinski definition) is 5. The fourth-order valence-corrected chi connectivity index (χ4v) is 1.67. The number of carbonyl (C=O) groups excluding carboxylic acids is 1. The summed E-state index contributed by atoms with van der Waals surface area (Å²) in [5, 5.41) is 3.73. The van der Waals surface area contributed by atoms with Gasteiger partial charge in [0, 0.05) is 0 Å². The van der Waals surface area contributed by atoms with Gasteiger partial charge < -0.3 is 9.47 Å². The Hall–Kier alpha value is -2.32. The number of rotatable bonds is 4. The van der Waals surface area contributed by atoms with E-state index in [1.165, 1.54) is 7.11 Å². The molecule has 2 aromatic rings. The lowest BCUT2D eigenvalue weighted by Gasteiger charge is -2.08. The first kappa shape index (κ1) is 15.1. The Morgan fingerprint density at radius 2 is 2.14 bits per heavy atom. The lowest BCUT2D eigenvalue weighted by atomic mass is 10.3. The second kappa shape index (κ2) is 5.58. The number of nitrogens with zero attached hydrogens (tertiary/aromatic N) is 3. The molecule has 0 saturated carbocycles. The zero-order valence-electron chi connectivity index (χ0n) is 11.3. The Labute approximate surface area is 117 Å². The number of ether oxygens (including phenoxy) is 2. The Kier molecular flexibility index (Phi) is 4.01. The number of aromatic nitrogens is 3. The fourth-order valence-electron chi connectivity index (χ4n) is 1.67. The smallest absolute Gasteiger partial charge is 0.434 e. The molecule has 0 amide bonds. The summed E-state index contributed by atoms with van der Waals surface area (Å²) in [6, 6.07) is 0. The normalized spacial score (nSPS) is 11.7. The lowest BCUT2D eigenvalue weighted by Crippen LogP contribution is -2.10. The Balaban J connectivity index is 2.52. The van der Waals surface area contributed by atoms with Gasteiger partial charge in [-0.2, -0.15) is 18.3 Å². The van der Waals surface area contributed by atoms with E-state index in [9.17, 15) is 18.0 Å². The Morgan fingerprint density at radius 1 is 1.43 bits per heavy atom. The average Bonchev–Trinajstić information content (AvgIpc) is 2.87. The maximum atomic E-state index is 12.7. The minimum atomic E-state index is -4.61.